The van der Waals surface area contributed by atoms with E-state index in [-0.39, 0.29) is 51.4 Å². The normalized spacial score (nSPS) is 12.1. The van der Waals surface area contributed by atoms with Crippen molar-refractivity contribution in [3.63, 3.8) is 0 Å². The van der Waals surface area contributed by atoms with Crippen molar-refractivity contribution in [1.29, 1.82) is 0 Å². The molecule has 3 aromatic carbocycles. The lowest BCUT2D eigenvalue weighted by Crippen LogP contribution is -2.04. The van der Waals surface area contributed by atoms with Crippen LogP contribution in [0.15, 0.2) is 117 Å². The molecule has 9 nitrogen and oxygen atoms in total. The highest BCUT2D eigenvalue weighted by molar-refractivity contribution is 9.10. The van der Waals surface area contributed by atoms with Crippen molar-refractivity contribution in [1.82, 2.24) is 0 Å². The smallest absolute Gasteiger partial charge is 0.216 e. The first-order valence-corrected chi connectivity index (χ1v) is 23.2. The van der Waals surface area contributed by atoms with Crippen LogP contribution in [0.5, 0.6) is 0 Å². The molecule has 49 heavy (non-hydrogen) atoms. The largest absolute Gasteiger partial charge is 0.326 e. The van der Waals surface area contributed by atoms with Crippen LogP contribution in [-0.2, 0) is 52.3 Å². The first-order valence-electron chi connectivity index (χ1n) is 14.1. The van der Waals surface area contributed by atoms with E-state index in [1.807, 2.05) is 32.0 Å². The Morgan fingerprint density at radius 3 is 1.61 bits per heavy atom. The number of hydrogen-bond acceptors (Lipinski definition) is 11. The summed E-state index contributed by atoms with van der Waals surface area (Å²) in [5.41, 5.74) is 7.55. The average molecular weight is 867 g/mol. The Labute approximate surface area is 310 Å². The molecular weight excluding hydrogens is 834 g/mol. The molecule has 2 heterocycles. The van der Waals surface area contributed by atoms with Gasteiger partial charge in [0.25, 0.3) is 0 Å². The molecule has 2 aromatic heterocycles. The monoisotopic (exact) mass is 865 g/mol. The summed E-state index contributed by atoms with van der Waals surface area (Å²) in [7, 11) is -14.3. The molecule has 0 bridgehead atoms. The minimum Gasteiger partial charge on any atom is -0.326 e. The zero-order chi connectivity index (χ0) is 35.7. The average Bonchev–Trinajstić information content (AvgIpc) is 3.71. The van der Waals surface area contributed by atoms with Gasteiger partial charge in [0, 0.05) is 38.8 Å². The third-order valence-corrected chi connectivity index (χ3v) is 17.0. The molecular formula is C32H33BrClNO8S6. The van der Waals surface area contributed by atoms with E-state index in [9.17, 15) is 33.7 Å². The van der Waals surface area contributed by atoms with E-state index in [1.54, 1.807) is 24.3 Å². The Morgan fingerprint density at radius 2 is 1.16 bits per heavy atom. The van der Waals surface area contributed by atoms with E-state index in [1.165, 1.54) is 53.8 Å². The van der Waals surface area contributed by atoms with E-state index in [4.69, 9.17) is 5.73 Å². The Kier molecular flexibility index (Phi) is 13.3. The van der Waals surface area contributed by atoms with Crippen molar-refractivity contribution < 1.29 is 33.7 Å². The topological polar surface area (TPSA) is 163 Å². The van der Waals surface area contributed by atoms with Crippen LogP contribution in [0.1, 0.15) is 22.2 Å². The molecule has 0 radical (unpaired) electrons. The van der Waals surface area contributed by atoms with Gasteiger partial charge < -0.3 is 5.73 Å². The predicted molar refractivity (Wildman–Crippen MR) is 201 cm³/mol. The number of nitrogens with two attached hydrogens (primary N) is 1. The van der Waals surface area contributed by atoms with Crippen LogP contribution in [0, 0.1) is 6.92 Å². The molecule has 0 unspecified atom stereocenters. The molecule has 0 spiro atoms. The Balaban J connectivity index is 0.000000268. The standard InChI is InChI=1S/C19H19NO4S3.C13H13BrO4S3.ClH/c1-13-4-3-5-14(10-13)17-11-16(7-8-18(17)26(2,21)22)27(23,24)19-9-6-15(12-20)25-19;1-3-9-4-7-13(19-9)21(17,18)10-5-6-12(11(14)8-10)20(2,15)16;/h3-11H,12,20H2,1-2H3;4-8H,3H2,1-2H3;1H. The van der Waals surface area contributed by atoms with E-state index < -0.39 is 39.3 Å². The predicted octanol–water partition coefficient (Wildman–Crippen LogP) is 7.15. The number of thiophene rings is 2. The van der Waals surface area contributed by atoms with Gasteiger partial charge in [-0.2, -0.15) is 0 Å². The molecule has 0 aliphatic rings. The molecule has 0 aliphatic carbocycles. The number of sulfone groups is 4. The van der Waals surface area contributed by atoms with Crippen LogP contribution in [-0.4, -0.2) is 46.2 Å². The molecule has 0 amide bonds. The van der Waals surface area contributed by atoms with Crippen molar-refractivity contribution in [2.75, 3.05) is 12.5 Å². The third-order valence-electron chi connectivity index (χ3n) is 6.96. The van der Waals surface area contributed by atoms with Crippen molar-refractivity contribution in [3.05, 3.63) is 105 Å². The van der Waals surface area contributed by atoms with E-state index in [2.05, 4.69) is 15.9 Å². The first kappa shape index (κ1) is 41.0. The molecule has 0 saturated heterocycles. The SMILES string of the molecule is CCc1ccc(S(=O)(=O)c2ccc(S(C)(=O)=O)c(Br)c2)s1.Cc1cccc(-c2cc(S(=O)(=O)c3ccc(CN)s3)ccc2S(C)(=O)=O)c1.Cl. The highest BCUT2D eigenvalue weighted by Crippen LogP contribution is 2.35. The maximum absolute atomic E-state index is 13.0. The van der Waals surface area contributed by atoms with E-state index in [0.29, 0.717) is 11.1 Å². The molecule has 0 aliphatic heterocycles. The van der Waals surface area contributed by atoms with E-state index >= 15 is 0 Å². The Bertz CT molecular complexity index is 2440. The summed E-state index contributed by atoms with van der Waals surface area (Å²) in [6, 6.07) is 22.0. The Morgan fingerprint density at radius 1 is 0.653 bits per heavy atom. The fraction of sp³-hybridized carbons (Fsp3) is 0.188. The minimum absolute atomic E-state index is 0. The molecule has 0 atom stereocenters. The van der Waals surface area contributed by atoms with Gasteiger partial charge in [-0.25, -0.2) is 33.7 Å². The second-order valence-corrected chi connectivity index (χ2v) is 22.2. The highest BCUT2D eigenvalue weighted by atomic mass is 79.9. The number of aryl methyl sites for hydroxylation is 2. The van der Waals surface area contributed by atoms with Crippen LogP contribution in [0.4, 0.5) is 0 Å². The van der Waals surface area contributed by atoms with E-state index in [0.717, 1.165) is 45.6 Å². The molecule has 0 fully saturated rings. The van der Waals surface area contributed by atoms with Crippen molar-refractivity contribution >= 4 is 90.4 Å². The maximum atomic E-state index is 13.0. The van der Waals surface area contributed by atoms with Crippen LogP contribution in [0.2, 0.25) is 0 Å². The fourth-order valence-electron chi connectivity index (χ4n) is 4.52. The Hall–Kier alpha value is -2.41. The maximum Gasteiger partial charge on any atom is 0.216 e. The molecule has 0 saturated carbocycles. The molecule has 5 rings (SSSR count). The van der Waals surface area contributed by atoms with Gasteiger partial charge in [0.1, 0.15) is 8.42 Å². The first-order chi connectivity index (χ1) is 22.3. The van der Waals surface area contributed by atoms with Gasteiger partial charge in [-0.1, -0.05) is 36.8 Å². The minimum atomic E-state index is -3.76. The second kappa shape index (κ2) is 15.9. The summed E-state index contributed by atoms with van der Waals surface area (Å²) in [5.74, 6) is 0. The zero-order valence-corrected chi connectivity index (χ0v) is 33.9. The summed E-state index contributed by atoms with van der Waals surface area (Å²) >= 11 is 5.47. The van der Waals surface area contributed by atoms with Crippen LogP contribution >= 0.6 is 51.0 Å². The number of hydrogen-bond donors (Lipinski definition) is 1. The van der Waals surface area contributed by atoms with Crippen LogP contribution in [0.25, 0.3) is 11.1 Å². The highest BCUT2D eigenvalue weighted by Gasteiger charge is 2.25. The van der Waals surface area contributed by atoms with Gasteiger partial charge in [-0.15, -0.1) is 35.1 Å². The second-order valence-electron chi connectivity index (χ2n) is 10.7. The summed E-state index contributed by atoms with van der Waals surface area (Å²) in [6.45, 7) is 4.12. The molecule has 17 heteroatoms. The summed E-state index contributed by atoms with van der Waals surface area (Å²) in [5, 5.41) is 0. The zero-order valence-electron chi connectivity index (χ0n) is 26.6. The van der Waals surface area contributed by atoms with Gasteiger partial charge >= 0.3 is 0 Å². The quantitative estimate of drug-likeness (QED) is 0.162. The van der Waals surface area contributed by atoms with Gasteiger partial charge in [-0.3, -0.25) is 0 Å². The lowest BCUT2D eigenvalue weighted by atomic mass is 10.0. The van der Waals surface area contributed by atoms with Crippen LogP contribution in [0.3, 0.4) is 0 Å². The van der Waals surface area contributed by atoms with Crippen molar-refractivity contribution in [2.24, 2.45) is 5.73 Å². The molecule has 2 N–H and O–H groups in total. The summed E-state index contributed by atoms with van der Waals surface area (Å²) < 4.78 is 99.3. The fourth-order valence-corrected chi connectivity index (χ4v) is 12.9. The third kappa shape index (κ3) is 9.48. The van der Waals surface area contributed by atoms with Gasteiger partial charge in [0.05, 0.1) is 19.6 Å². The summed E-state index contributed by atoms with van der Waals surface area (Å²) in [6.07, 6.45) is 2.97. The lowest BCUT2D eigenvalue weighted by Gasteiger charge is -2.12. The van der Waals surface area contributed by atoms with Crippen molar-refractivity contribution in [3.8, 4) is 11.1 Å². The van der Waals surface area contributed by atoms with Gasteiger partial charge in [0.15, 0.2) is 19.7 Å². The molecule has 264 valence electrons. The van der Waals surface area contributed by atoms with Crippen molar-refractivity contribution in [2.45, 2.75) is 54.8 Å². The number of halogens is 2. The number of benzene rings is 3. The number of rotatable bonds is 9. The summed E-state index contributed by atoms with van der Waals surface area (Å²) in [4.78, 5) is 2.05. The van der Waals surface area contributed by atoms with Crippen LogP contribution < -0.4 is 5.73 Å². The van der Waals surface area contributed by atoms with Gasteiger partial charge in [-0.05, 0) is 95.5 Å². The van der Waals surface area contributed by atoms with Gasteiger partial charge in [0.2, 0.25) is 19.7 Å². The lowest BCUT2D eigenvalue weighted by molar-refractivity contribution is 0.595. The molecule has 5 aromatic rings.